The molecule has 0 spiro atoms. The lowest BCUT2D eigenvalue weighted by Gasteiger charge is -2.15. The molecule has 4 rings (SSSR count). The van der Waals surface area contributed by atoms with Crippen molar-refractivity contribution in [3.05, 3.63) is 62.4 Å². The van der Waals surface area contributed by atoms with Crippen LogP contribution in [0.25, 0.3) is 0 Å². The zero-order valence-electron chi connectivity index (χ0n) is 18.2. The highest BCUT2D eigenvalue weighted by atomic mass is 35.5. The lowest BCUT2D eigenvalue weighted by Crippen LogP contribution is -2.32. The first-order chi connectivity index (χ1) is 17.4. The summed E-state index contributed by atoms with van der Waals surface area (Å²) in [4.78, 5) is 52.8. The topological polar surface area (TPSA) is 84.0 Å². The van der Waals surface area contributed by atoms with Crippen molar-refractivity contribution in [2.75, 3.05) is 26.3 Å². The molecule has 0 aliphatic carbocycles. The molecule has 37 heavy (non-hydrogen) atoms. The standard InChI is InChI=1S/C22H12Cl8N2O5/c23-11-7-8(12(24)16(28)15(11)27)20(34)31(19(7)33)3-1-5-37-6-2-4-32-21(35)9-10(22(32)36)14(26)18(30)17(29)13(9)25/h1-6H2. The summed E-state index contributed by atoms with van der Waals surface area (Å²) >= 11 is 48.5. The Morgan fingerprint density at radius 3 is 0.919 bits per heavy atom. The van der Waals surface area contributed by atoms with E-state index in [-0.39, 0.29) is 88.7 Å². The molecule has 2 heterocycles. The maximum absolute atomic E-state index is 12.7. The van der Waals surface area contributed by atoms with Gasteiger partial charge < -0.3 is 4.74 Å². The number of nitrogens with zero attached hydrogens (tertiary/aromatic N) is 2. The second kappa shape index (κ2) is 11.2. The predicted molar refractivity (Wildman–Crippen MR) is 144 cm³/mol. The minimum absolute atomic E-state index is 0.0329. The maximum atomic E-state index is 12.7. The Hall–Kier alpha value is -1.00. The van der Waals surface area contributed by atoms with Crippen molar-refractivity contribution in [1.29, 1.82) is 0 Å². The quantitative estimate of drug-likeness (QED) is 0.125. The Kier molecular flexibility index (Phi) is 8.81. The first-order valence-corrected chi connectivity index (χ1v) is 13.5. The van der Waals surface area contributed by atoms with Crippen LogP contribution in [0.3, 0.4) is 0 Å². The van der Waals surface area contributed by atoms with Crippen molar-refractivity contribution < 1.29 is 23.9 Å². The van der Waals surface area contributed by atoms with Crippen LogP contribution in [0.15, 0.2) is 0 Å². The third-order valence-corrected chi connectivity index (χ3v) is 9.32. The lowest BCUT2D eigenvalue weighted by atomic mass is 10.1. The summed E-state index contributed by atoms with van der Waals surface area (Å²) in [6.07, 6.45) is 0.606. The molecule has 2 aliphatic heterocycles. The molecule has 4 amide bonds. The van der Waals surface area contributed by atoms with Gasteiger partial charge >= 0.3 is 0 Å². The van der Waals surface area contributed by atoms with Crippen LogP contribution >= 0.6 is 92.8 Å². The predicted octanol–water partition coefficient (Wildman–Crippen LogP) is 7.60. The van der Waals surface area contributed by atoms with Crippen LogP contribution in [0.4, 0.5) is 0 Å². The normalized spacial score (nSPS) is 14.8. The molecule has 0 saturated carbocycles. The molecule has 0 bridgehead atoms. The van der Waals surface area contributed by atoms with E-state index in [4.69, 9.17) is 97.5 Å². The minimum atomic E-state index is -0.631. The van der Waals surface area contributed by atoms with Gasteiger partial charge in [0.25, 0.3) is 23.6 Å². The fraction of sp³-hybridized carbons (Fsp3) is 0.273. The second-order valence-corrected chi connectivity index (χ2v) is 10.9. The van der Waals surface area contributed by atoms with Gasteiger partial charge in [-0.15, -0.1) is 0 Å². The average molecular weight is 668 g/mol. The van der Waals surface area contributed by atoms with Crippen molar-refractivity contribution in [2.45, 2.75) is 12.8 Å². The zero-order valence-corrected chi connectivity index (χ0v) is 24.2. The van der Waals surface area contributed by atoms with E-state index in [1.54, 1.807) is 0 Å². The molecule has 2 aromatic carbocycles. The van der Waals surface area contributed by atoms with Gasteiger partial charge in [-0.25, -0.2) is 0 Å². The molecule has 7 nitrogen and oxygen atoms in total. The van der Waals surface area contributed by atoms with Gasteiger partial charge in [0.05, 0.1) is 62.4 Å². The highest BCUT2D eigenvalue weighted by Crippen LogP contribution is 2.46. The number of rotatable bonds is 8. The summed E-state index contributed by atoms with van der Waals surface area (Å²) < 4.78 is 5.53. The summed E-state index contributed by atoms with van der Waals surface area (Å²) in [5.74, 6) is -2.52. The number of hydrogen-bond acceptors (Lipinski definition) is 5. The number of ether oxygens (including phenoxy) is 1. The Labute approximate surface area is 250 Å². The molecule has 196 valence electrons. The molecule has 0 saturated heterocycles. The Morgan fingerprint density at radius 1 is 0.432 bits per heavy atom. The number of benzene rings is 2. The Morgan fingerprint density at radius 2 is 0.676 bits per heavy atom. The number of carbonyl (C=O) groups excluding carboxylic acids is 4. The molecule has 0 radical (unpaired) electrons. The largest absolute Gasteiger partial charge is 0.381 e. The van der Waals surface area contributed by atoms with Crippen molar-refractivity contribution in [1.82, 2.24) is 9.80 Å². The summed E-state index contributed by atoms with van der Waals surface area (Å²) in [5.41, 5.74) is -0.349. The number of amides is 4. The third kappa shape index (κ3) is 4.81. The number of imide groups is 2. The second-order valence-electron chi connectivity index (χ2n) is 7.86. The van der Waals surface area contributed by atoms with Crippen molar-refractivity contribution in [2.24, 2.45) is 0 Å². The van der Waals surface area contributed by atoms with Crippen LogP contribution in [0.2, 0.25) is 40.2 Å². The summed E-state index contributed by atoms with van der Waals surface area (Å²) in [7, 11) is 0. The number of halogens is 8. The summed E-state index contributed by atoms with van der Waals surface area (Å²) in [5, 5.41) is -0.961. The van der Waals surface area contributed by atoms with E-state index in [1.807, 2.05) is 0 Å². The van der Waals surface area contributed by atoms with Gasteiger partial charge in [0, 0.05) is 26.3 Å². The number of fused-ring (bicyclic) bond motifs is 2. The molecule has 0 N–H and O–H groups in total. The SMILES string of the molecule is O=C1c2c(Cl)c(Cl)c(Cl)c(Cl)c2C(=O)N1CCCOCCCN1C(=O)c2c(Cl)c(Cl)c(Cl)c(Cl)c2C1=O. The minimum Gasteiger partial charge on any atom is -0.381 e. The fourth-order valence-electron chi connectivity index (χ4n) is 3.95. The van der Waals surface area contributed by atoms with E-state index < -0.39 is 23.6 Å². The average Bonchev–Trinajstić information content (AvgIpc) is 3.27. The number of hydrogen-bond donors (Lipinski definition) is 0. The highest BCUT2D eigenvalue weighted by molar-refractivity contribution is 6.56. The summed E-state index contributed by atoms with van der Waals surface area (Å²) in [6.45, 7) is 0.430. The van der Waals surface area contributed by atoms with Gasteiger partial charge in [-0.2, -0.15) is 0 Å². The van der Waals surface area contributed by atoms with Gasteiger partial charge in [0.2, 0.25) is 0 Å². The van der Waals surface area contributed by atoms with E-state index in [9.17, 15) is 19.2 Å². The van der Waals surface area contributed by atoms with E-state index in [1.165, 1.54) is 0 Å². The molecule has 0 unspecified atom stereocenters. The highest BCUT2D eigenvalue weighted by Gasteiger charge is 2.42. The Bertz CT molecular complexity index is 1200. The fourth-order valence-corrected chi connectivity index (χ4v) is 5.98. The molecule has 0 atom stereocenters. The van der Waals surface area contributed by atoms with E-state index >= 15 is 0 Å². The molecule has 15 heteroatoms. The van der Waals surface area contributed by atoms with E-state index in [0.29, 0.717) is 12.8 Å². The van der Waals surface area contributed by atoms with Crippen LogP contribution in [-0.2, 0) is 4.74 Å². The molecule has 2 aromatic rings. The zero-order chi connectivity index (χ0) is 27.3. The van der Waals surface area contributed by atoms with Gasteiger partial charge in [-0.3, -0.25) is 29.0 Å². The Balaban J connectivity index is 1.28. The van der Waals surface area contributed by atoms with Crippen molar-refractivity contribution >= 4 is 116 Å². The van der Waals surface area contributed by atoms with Gasteiger partial charge in [-0.05, 0) is 12.8 Å². The lowest BCUT2D eigenvalue weighted by molar-refractivity contribution is 0.0612. The van der Waals surface area contributed by atoms with Crippen molar-refractivity contribution in [3.63, 3.8) is 0 Å². The van der Waals surface area contributed by atoms with E-state index in [0.717, 1.165) is 9.80 Å². The molecule has 0 fully saturated rings. The molecule has 2 aliphatic rings. The van der Waals surface area contributed by atoms with Gasteiger partial charge in [0.1, 0.15) is 0 Å². The maximum Gasteiger partial charge on any atom is 0.263 e. The molecular weight excluding hydrogens is 656 g/mol. The first-order valence-electron chi connectivity index (χ1n) is 10.4. The van der Waals surface area contributed by atoms with Crippen LogP contribution in [-0.4, -0.2) is 59.7 Å². The smallest absolute Gasteiger partial charge is 0.263 e. The van der Waals surface area contributed by atoms with E-state index in [2.05, 4.69) is 0 Å². The summed E-state index contributed by atoms with van der Waals surface area (Å²) in [6, 6.07) is 0. The number of carbonyl (C=O) groups is 4. The third-order valence-electron chi connectivity index (χ3n) is 5.71. The van der Waals surface area contributed by atoms with Crippen LogP contribution in [0.1, 0.15) is 54.3 Å². The van der Waals surface area contributed by atoms with Gasteiger partial charge in [0.15, 0.2) is 0 Å². The monoisotopic (exact) mass is 664 g/mol. The molecular formula is C22H12Cl8N2O5. The van der Waals surface area contributed by atoms with Crippen LogP contribution < -0.4 is 0 Å². The molecule has 0 aromatic heterocycles. The van der Waals surface area contributed by atoms with Crippen molar-refractivity contribution in [3.8, 4) is 0 Å². The van der Waals surface area contributed by atoms with Gasteiger partial charge in [-0.1, -0.05) is 92.8 Å². The van der Waals surface area contributed by atoms with Crippen LogP contribution in [0, 0.1) is 0 Å². The first kappa shape index (κ1) is 29.0. The van der Waals surface area contributed by atoms with Crippen LogP contribution in [0.5, 0.6) is 0 Å².